The van der Waals surface area contributed by atoms with Crippen molar-refractivity contribution < 1.29 is 9.59 Å². The molecule has 2 amide bonds. The highest BCUT2D eigenvalue weighted by atomic mass is 35.5. The third-order valence-corrected chi connectivity index (χ3v) is 5.16. The molecular formula is C21H23ClN2O2. The van der Waals surface area contributed by atoms with E-state index in [2.05, 4.69) is 10.6 Å². The maximum absolute atomic E-state index is 12.4. The number of nitrogens with one attached hydrogen (secondary N) is 2. The van der Waals surface area contributed by atoms with E-state index in [0.29, 0.717) is 18.0 Å². The lowest BCUT2D eigenvalue weighted by Gasteiger charge is -2.10. The van der Waals surface area contributed by atoms with E-state index in [1.54, 1.807) is 0 Å². The standard InChI is InChI=1S/C21H23ClN2O2/c1-13-5-3-8-19(14(13)2)24-21(26)18-12-17(18)20(25)23-10-9-15-6-4-7-16(22)11-15/h3-8,11,17-18H,9-10,12H2,1-2H3,(H,23,25)(H,24,26). The van der Waals surface area contributed by atoms with Crippen LogP contribution in [-0.2, 0) is 16.0 Å². The molecule has 0 spiro atoms. The van der Waals surface area contributed by atoms with Gasteiger partial charge in [0.05, 0.1) is 11.8 Å². The fourth-order valence-corrected chi connectivity index (χ4v) is 3.25. The van der Waals surface area contributed by atoms with Gasteiger partial charge >= 0.3 is 0 Å². The quantitative estimate of drug-likeness (QED) is 0.810. The maximum atomic E-state index is 12.4. The van der Waals surface area contributed by atoms with Crippen molar-refractivity contribution in [3.8, 4) is 0 Å². The van der Waals surface area contributed by atoms with Crippen molar-refractivity contribution in [3.63, 3.8) is 0 Å². The summed E-state index contributed by atoms with van der Waals surface area (Å²) in [7, 11) is 0. The number of benzene rings is 2. The Kier molecular flexibility index (Phi) is 5.62. The first-order chi connectivity index (χ1) is 12.5. The zero-order valence-electron chi connectivity index (χ0n) is 15.0. The number of amides is 2. The molecule has 0 bridgehead atoms. The van der Waals surface area contributed by atoms with Crippen LogP contribution in [0.1, 0.15) is 23.1 Å². The Morgan fingerprint density at radius 2 is 1.81 bits per heavy atom. The third-order valence-electron chi connectivity index (χ3n) is 4.93. The summed E-state index contributed by atoms with van der Waals surface area (Å²) in [6.45, 7) is 4.54. The summed E-state index contributed by atoms with van der Waals surface area (Å²) in [4.78, 5) is 24.6. The van der Waals surface area contributed by atoms with Crippen molar-refractivity contribution >= 4 is 29.1 Å². The Bertz CT molecular complexity index is 835. The first kappa shape index (κ1) is 18.5. The molecule has 1 aliphatic rings. The van der Waals surface area contributed by atoms with E-state index in [9.17, 15) is 9.59 Å². The van der Waals surface area contributed by atoms with Crippen LogP contribution in [0.15, 0.2) is 42.5 Å². The Balaban J connectivity index is 1.46. The Labute approximate surface area is 158 Å². The molecule has 2 aromatic rings. The number of carbonyl (C=O) groups is 2. The SMILES string of the molecule is Cc1cccc(NC(=O)C2CC2C(=O)NCCc2cccc(Cl)c2)c1C. The molecule has 136 valence electrons. The number of halogens is 1. The van der Waals surface area contributed by atoms with Crippen molar-refractivity contribution in [2.45, 2.75) is 26.7 Å². The van der Waals surface area contributed by atoms with Crippen LogP contribution in [0.3, 0.4) is 0 Å². The first-order valence-corrected chi connectivity index (χ1v) is 9.22. The molecule has 1 aliphatic carbocycles. The van der Waals surface area contributed by atoms with Gasteiger partial charge in [-0.05, 0) is 61.6 Å². The highest BCUT2D eigenvalue weighted by Crippen LogP contribution is 2.39. The fraction of sp³-hybridized carbons (Fsp3) is 0.333. The average molecular weight is 371 g/mol. The van der Waals surface area contributed by atoms with Crippen LogP contribution in [0.25, 0.3) is 0 Å². The van der Waals surface area contributed by atoms with Crippen LogP contribution in [0.2, 0.25) is 5.02 Å². The second-order valence-electron chi connectivity index (χ2n) is 6.86. The van der Waals surface area contributed by atoms with Gasteiger partial charge in [-0.3, -0.25) is 9.59 Å². The maximum Gasteiger partial charge on any atom is 0.228 e. The van der Waals surface area contributed by atoms with Crippen LogP contribution in [0.5, 0.6) is 0 Å². The van der Waals surface area contributed by atoms with E-state index in [-0.39, 0.29) is 23.7 Å². The zero-order valence-corrected chi connectivity index (χ0v) is 15.8. The molecule has 2 aromatic carbocycles. The van der Waals surface area contributed by atoms with E-state index in [4.69, 9.17) is 11.6 Å². The zero-order chi connectivity index (χ0) is 18.7. The number of anilines is 1. The van der Waals surface area contributed by atoms with Crippen LogP contribution < -0.4 is 10.6 Å². The molecule has 0 radical (unpaired) electrons. The highest BCUT2D eigenvalue weighted by Gasteiger charge is 2.47. The van der Waals surface area contributed by atoms with E-state index >= 15 is 0 Å². The van der Waals surface area contributed by atoms with Crippen LogP contribution in [0, 0.1) is 25.7 Å². The normalized spacial score (nSPS) is 18.3. The minimum absolute atomic E-state index is 0.0480. The van der Waals surface area contributed by atoms with Crippen LogP contribution in [0.4, 0.5) is 5.69 Å². The second-order valence-corrected chi connectivity index (χ2v) is 7.29. The van der Waals surface area contributed by atoms with Crippen molar-refractivity contribution in [1.82, 2.24) is 5.32 Å². The molecule has 0 aromatic heterocycles. The van der Waals surface area contributed by atoms with Crippen LogP contribution >= 0.6 is 11.6 Å². The van der Waals surface area contributed by atoms with Gasteiger partial charge in [-0.2, -0.15) is 0 Å². The predicted molar refractivity (Wildman–Crippen MR) is 104 cm³/mol. The van der Waals surface area contributed by atoms with Gasteiger partial charge in [-0.25, -0.2) is 0 Å². The average Bonchev–Trinajstić information content (AvgIpc) is 3.40. The highest BCUT2D eigenvalue weighted by molar-refractivity contribution is 6.30. The summed E-state index contributed by atoms with van der Waals surface area (Å²) >= 11 is 5.96. The van der Waals surface area contributed by atoms with E-state index < -0.39 is 0 Å². The number of hydrogen-bond acceptors (Lipinski definition) is 2. The Hall–Kier alpha value is -2.33. The monoisotopic (exact) mass is 370 g/mol. The minimum Gasteiger partial charge on any atom is -0.356 e. The largest absolute Gasteiger partial charge is 0.356 e. The predicted octanol–water partition coefficient (Wildman–Crippen LogP) is 3.89. The van der Waals surface area contributed by atoms with E-state index in [0.717, 1.165) is 28.8 Å². The summed E-state index contributed by atoms with van der Waals surface area (Å²) in [6.07, 6.45) is 1.33. The number of hydrogen-bond donors (Lipinski definition) is 2. The molecule has 1 saturated carbocycles. The third kappa shape index (κ3) is 4.44. The smallest absolute Gasteiger partial charge is 0.228 e. The van der Waals surface area contributed by atoms with Gasteiger partial charge in [0.2, 0.25) is 11.8 Å². The molecule has 2 N–H and O–H groups in total. The molecule has 4 nitrogen and oxygen atoms in total. The van der Waals surface area contributed by atoms with Crippen molar-refractivity contribution in [1.29, 1.82) is 0 Å². The summed E-state index contributed by atoms with van der Waals surface area (Å²) in [6, 6.07) is 13.4. The molecular weight excluding hydrogens is 348 g/mol. The molecule has 0 saturated heterocycles. The Morgan fingerprint density at radius 1 is 1.08 bits per heavy atom. The molecule has 0 heterocycles. The van der Waals surface area contributed by atoms with Crippen LogP contribution in [-0.4, -0.2) is 18.4 Å². The van der Waals surface area contributed by atoms with Gasteiger partial charge in [-0.1, -0.05) is 35.9 Å². The topological polar surface area (TPSA) is 58.2 Å². The lowest BCUT2D eigenvalue weighted by Crippen LogP contribution is -2.29. The Morgan fingerprint density at radius 3 is 2.58 bits per heavy atom. The molecule has 26 heavy (non-hydrogen) atoms. The summed E-state index contributed by atoms with van der Waals surface area (Å²) < 4.78 is 0. The lowest BCUT2D eigenvalue weighted by atomic mass is 10.1. The summed E-state index contributed by atoms with van der Waals surface area (Å²) in [5, 5.41) is 6.57. The van der Waals surface area contributed by atoms with Gasteiger partial charge in [0.15, 0.2) is 0 Å². The van der Waals surface area contributed by atoms with Gasteiger partial charge in [0, 0.05) is 17.3 Å². The second kappa shape index (κ2) is 7.92. The van der Waals surface area contributed by atoms with Crippen molar-refractivity contribution in [2.75, 3.05) is 11.9 Å². The number of carbonyl (C=O) groups excluding carboxylic acids is 2. The van der Waals surface area contributed by atoms with Crippen molar-refractivity contribution in [2.24, 2.45) is 11.8 Å². The molecule has 1 fully saturated rings. The summed E-state index contributed by atoms with van der Waals surface area (Å²) in [5.74, 6) is -0.581. The minimum atomic E-state index is -0.235. The van der Waals surface area contributed by atoms with E-state index in [1.165, 1.54) is 0 Å². The van der Waals surface area contributed by atoms with Gasteiger partial charge in [-0.15, -0.1) is 0 Å². The molecule has 0 aliphatic heterocycles. The van der Waals surface area contributed by atoms with E-state index in [1.807, 2.05) is 56.3 Å². The number of aryl methyl sites for hydroxylation is 1. The molecule has 5 heteroatoms. The lowest BCUT2D eigenvalue weighted by molar-refractivity contribution is -0.125. The summed E-state index contributed by atoms with van der Waals surface area (Å²) in [5.41, 5.74) is 4.10. The van der Waals surface area contributed by atoms with Gasteiger partial charge < -0.3 is 10.6 Å². The first-order valence-electron chi connectivity index (χ1n) is 8.85. The molecule has 3 rings (SSSR count). The van der Waals surface area contributed by atoms with Crippen molar-refractivity contribution in [3.05, 3.63) is 64.2 Å². The fourth-order valence-electron chi connectivity index (χ4n) is 3.04. The van der Waals surface area contributed by atoms with Gasteiger partial charge in [0.25, 0.3) is 0 Å². The molecule has 2 unspecified atom stereocenters. The number of rotatable bonds is 6. The molecule has 2 atom stereocenters. The van der Waals surface area contributed by atoms with Gasteiger partial charge in [0.1, 0.15) is 0 Å².